The van der Waals surface area contributed by atoms with Crippen molar-refractivity contribution in [2.45, 2.75) is 25.4 Å². The highest BCUT2D eigenvalue weighted by Gasteiger charge is 2.09. The van der Waals surface area contributed by atoms with Crippen molar-refractivity contribution in [3.8, 4) is 0 Å². The lowest BCUT2D eigenvalue weighted by molar-refractivity contribution is 0.135. The van der Waals surface area contributed by atoms with Crippen LogP contribution in [0.5, 0.6) is 0 Å². The Morgan fingerprint density at radius 2 is 2.12 bits per heavy atom. The summed E-state index contributed by atoms with van der Waals surface area (Å²) in [6, 6.07) is 8.17. The summed E-state index contributed by atoms with van der Waals surface area (Å²) in [5.74, 6) is 0. The van der Waals surface area contributed by atoms with Gasteiger partial charge in [-0.1, -0.05) is 12.1 Å². The third-order valence-corrected chi connectivity index (χ3v) is 2.91. The van der Waals surface area contributed by atoms with Gasteiger partial charge in [0.1, 0.15) is 6.10 Å². The highest BCUT2D eigenvalue weighted by Crippen LogP contribution is 2.13. The van der Waals surface area contributed by atoms with Gasteiger partial charge in [0.05, 0.1) is 12.8 Å². The predicted octanol–water partition coefficient (Wildman–Crippen LogP) is 2.33. The zero-order valence-corrected chi connectivity index (χ0v) is 9.93. The number of rotatable bonds is 5. The van der Waals surface area contributed by atoms with Gasteiger partial charge in [0.15, 0.2) is 0 Å². The van der Waals surface area contributed by atoms with Gasteiger partial charge in [0.25, 0.3) is 0 Å². The van der Waals surface area contributed by atoms with E-state index in [2.05, 4.69) is 11.4 Å². The number of allylic oxidation sites excluding steroid dienone is 1. The standard InChI is InChI=1S/C14H19NO2/c16-9-8-12-4-6-13(7-5-12)15-11-14-3-1-2-10-17-14/h2,4-7,10,14-16H,1,3,8-9,11H2. The van der Waals surface area contributed by atoms with E-state index < -0.39 is 0 Å². The van der Waals surface area contributed by atoms with Crippen molar-refractivity contribution in [3.05, 3.63) is 42.2 Å². The Bertz CT molecular complexity index is 359. The van der Waals surface area contributed by atoms with E-state index in [-0.39, 0.29) is 12.7 Å². The molecule has 0 amide bonds. The Morgan fingerprint density at radius 1 is 1.29 bits per heavy atom. The van der Waals surface area contributed by atoms with Gasteiger partial charge in [-0.15, -0.1) is 0 Å². The topological polar surface area (TPSA) is 41.5 Å². The molecule has 0 saturated carbocycles. The number of nitrogens with one attached hydrogen (secondary N) is 1. The monoisotopic (exact) mass is 233 g/mol. The summed E-state index contributed by atoms with van der Waals surface area (Å²) in [7, 11) is 0. The summed E-state index contributed by atoms with van der Waals surface area (Å²) in [5, 5.41) is 12.2. The average Bonchev–Trinajstić information content (AvgIpc) is 2.40. The van der Waals surface area contributed by atoms with E-state index in [1.165, 1.54) is 0 Å². The van der Waals surface area contributed by atoms with Crippen molar-refractivity contribution in [1.82, 2.24) is 0 Å². The molecule has 2 rings (SSSR count). The minimum atomic E-state index is 0.203. The van der Waals surface area contributed by atoms with Gasteiger partial charge >= 0.3 is 0 Å². The Morgan fingerprint density at radius 3 is 2.76 bits per heavy atom. The van der Waals surface area contributed by atoms with Crippen LogP contribution in [-0.2, 0) is 11.2 Å². The predicted molar refractivity (Wildman–Crippen MR) is 69.0 cm³/mol. The molecule has 1 heterocycles. The first kappa shape index (κ1) is 12.0. The molecule has 1 atom stereocenters. The molecule has 0 aliphatic carbocycles. The van der Waals surface area contributed by atoms with Crippen LogP contribution in [0.2, 0.25) is 0 Å². The molecule has 1 aliphatic heterocycles. The lowest BCUT2D eigenvalue weighted by Gasteiger charge is -2.20. The fourth-order valence-electron chi connectivity index (χ4n) is 1.89. The van der Waals surface area contributed by atoms with E-state index in [0.29, 0.717) is 0 Å². The number of ether oxygens (including phenoxy) is 1. The molecular weight excluding hydrogens is 214 g/mol. The number of aliphatic hydroxyl groups excluding tert-OH is 1. The second kappa shape index (κ2) is 6.30. The quantitative estimate of drug-likeness (QED) is 0.820. The largest absolute Gasteiger partial charge is 0.497 e. The second-order valence-corrected chi connectivity index (χ2v) is 4.26. The summed E-state index contributed by atoms with van der Waals surface area (Å²) in [6.07, 6.45) is 7.02. The minimum Gasteiger partial charge on any atom is -0.497 e. The zero-order chi connectivity index (χ0) is 11.9. The van der Waals surface area contributed by atoms with Crippen LogP contribution in [0.15, 0.2) is 36.6 Å². The molecule has 3 heteroatoms. The average molecular weight is 233 g/mol. The number of aliphatic hydroxyl groups is 1. The smallest absolute Gasteiger partial charge is 0.115 e. The Balaban J connectivity index is 1.80. The molecule has 2 N–H and O–H groups in total. The second-order valence-electron chi connectivity index (χ2n) is 4.26. The summed E-state index contributed by atoms with van der Waals surface area (Å²) in [5.41, 5.74) is 2.26. The maximum absolute atomic E-state index is 8.82. The van der Waals surface area contributed by atoms with Gasteiger partial charge in [-0.25, -0.2) is 0 Å². The molecule has 0 bridgehead atoms. The van der Waals surface area contributed by atoms with Crippen molar-refractivity contribution in [3.63, 3.8) is 0 Å². The first-order valence-corrected chi connectivity index (χ1v) is 6.12. The van der Waals surface area contributed by atoms with E-state index in [9.17, 15) is 0 Å². The Labute approximate surface area is 102 Å². The maximum atomic E-state index is 8.82. The summed E-state index contributed by atoms with van der Waals surface area (Å²) < 4.78 is 5.49. The van der Waals surface area contributed by atoms with E-state index in [4.69, 9.17) is 9.84 Å². The minimum absolute atomic E-state index is 0.203. The van der Waals surface area contributed by atoms with Gasteiger partial charge in [-0.2, -0.15) is 0 Å². The molecule has 17 heavy (non-hydrogen) atoms. The van der Waals surface area contributed by atoms with Crippen LogP contribution in [0.1, 0.15) is 18.4 Å². The molecule has 1 aliphatic rings. The fraction of sp³-hybridized carbons (Fsp3) is 0.429. The third-order valence-electron chi connectivity index (χ3n) is 2.91. The van der Waals surface area contributed by atoms with Crippen molar-refractivity contribution >= 4 is 5.69 Å². The van der Waals surface area contributed by atoms with Gasteiger partial charge in [-0.05, 0) is 43.0 Å². The molecule has 1 unspecified atom stereocenters. The maximum Gasteiger partial charge on any atom is 0.115 e. The number of benzene rings is 1. The molecule has 0 saturated heterocycles. The number of hydrogen-bond acceptors (Lipinski definition) is 3. The molecule has 1 aromatic rings. The van der Waals surface area contributed by atoms with Crippen molar-refractivity contribution < 1.29 is 9.84 Å². The van der Waals surface area contributed by atoms with Crippen LogP contribution in [0.3, 0.4) is 0 Å². The lowest BCUT2D eigenvalue weighted by Crippen LogP contribution is -2.22. The first-order valence-electron chi connectivity index (χ1n) is 6.12. The Kier molecular flexibility index (Phi) is 4.45. The van der Waals surface area contributed by atoms with Crippen molar-refractivity contribution in [2.75, 3.05) is 18.5 Å². The highest BCUT2D eigenvalue weighted by molar-refractivity contribution is 5.44. The van der Waals surface area contributed by atoms with Crippen LogP contribution >= 0.6 is 0 Å². The molecule has 3 nitrogen and oxygen atoms in total. The zero-order valence-electron chi connectivity index (χ0n) is 9.93. The van der Waals surface area contributed by atoms with Gasteiger partial charge in [0, 0.05) is 12.3 Å². The van der Waals surface area contributed by atoms with Gasteiger partial charge in [0.2, 0.25) is 0 Å². The number of hydrogen-bond donors (Lipinski definition) is 2. The van der Waals surface area contributed by atoms with E-state index in [1.54, 1.807) is 6.26 Å². The molecule has 0 aromatic heterocycles. The fourth-order valence-corrected chi connectivity index (χ4v) is 1.89. The molecule has 0 fully saturated rings. The van der Waals surface area contributed by atoms with E-state index in [1.807, 2.05) is 24.3 Å². The summed E-state index contributed by atoms with van der Waals surface area (Å²) >= 11 is 0. The van der Waals surface area contributed by atoms with E-state index in [0.717, 1.165) is 37.1 Å². The summed E-state index contributed by atoms with van der Waals surface area (Å²) in [6.45, 7) is 1.04. The van der Waals surface area contributed by atoms with Gasteiger partial charge < -0.3 is 15.2 Å². The van der Waals surface area contributed by atoms with Crippen LogP contribution in [0, 0.1) is 0 Å². The van der Waals surface area contributed by atoms with Crippen molar-refractivity contribution in [1.29, 1.82) is 0 Å². The van der Waals surface area contributed by atoms with Crippen LogP contribution < -0.4 is 5.32 Å². The first-order chi connectivity index (χ1) is 8.38. The number of anilines is 1. The lowest BCUT2D eigenvalue weighted by atomic mass is 10.1. The molecule has 0 radical (unpaired) electrons. The van der Waals surface area contributed by atoms with Crippen LogP contribution in [0.25, 0.3) is 0 Å². The highest BCUT2D eigenvalue weighted by atomic mass is 16.5. The SMILES string of the molecule is OCCc1ccc(NCC2CCC=CO2)cc1. The summed E-state index contributed by atoms with van der Waals surface area (Å²) in [4.78, 5) is 0. The molecule has 1 aromatic carbocycles. The normalized spacial score (nSPS) is 18.8. The van der Waals surface area contributed by atoms with Crippen LogP contribution in [0.4, 0.5) is 5.69 Å². The van der Waals surface area contributed by atoms with Crippen LogP contribution in [-0.4, -0.2) is 24.4 Å². The Hall–Kier alpha value is -1.48. The van der Waals surface area contributed by atoms with E-state index >= 15 is 0 Å². The molecular formula is C14H19NO2. The van der Waals surface area contributed by atoms with Gasteiger partial charge in [-0.3, -0.25) is 0 Å². The molecule has 0 spiro atoms. The molecule has 92 valence electrons. The third kappa shape index (κ3) is 3.79. The van der Waals surface area contributed by atoms with Crippen molar-refractivity contribution in [2.24, 2.45) is 0 Å².